The van der Waals surface area contributed by atoms with Gasteiger partial charge in [-0.25, -0.2) is 24.1 Å². The maximum absolute atomic E-state index is 14.8. The zero-order valence-corrected chi connectivity index (χ0v) is 18.3. The fourth-order valence-corrected chi connectivity index (χ4v) is 4.07. The first-order valence-electron chi connectivity index (χ1n) is 10.9. The molecule has 0 bridgehead atoms. The van der Waals surface area contributed by atoms with E-state index in [1.807, 2.05) is 12.1 Å². The third-order valence-corrected chi connectivity index (χ3v) is 5.73. The lowest BCUT2D eigenvalue weighted by molar-refractivity contribution is 0.202. The summed E-state index contributed by atoms with van der Waals surface area (Å²) >= 11 is 0. The molecule has 9 nitrogen and oxygen atoms in total. The predicted octanol–water partition coefficient (Wildman–Crippen LogP) is 3.40. The van der Waals surface area contributed by atoms with Crippen LogP contribution in [0, 0.1) is 17.1 Å². The van der Waals surface area contributed by atoms with Gasteiger partial charge in [-0.1, -0.05) is 6.07 Å². The third-order valence-electron chi connectivity index (χ3n) is 5.73. The number of nitrogens with zero attached hydrogens (tertiary/aromatic N) is 5. The van der Waals surface area contributed by atoms with Gasteiger partial charge in [0, 0.05) is 37.2 Å². The van der Waals surface area contributed by atoms with Gasteiger partial charge in [0.15, 0.2) is 17.5 Å². The molecule has 0 saturated carbocycles. The molecule has 0 atom stereocenters. The molecule has 0 aliphatic carbocycles. The first kappa shape index (κ1) is 22.4. The third kappa shape index (κ3) is 5.15. The SMILES string of the molecule is CCNC(=O)Nc1nccc(CN2CCC(c3ccc(-c4ncc[nH]4)nc3C#N)CC2)c1F. The number of halogens is 1. The van der Waals surface area contributed by atoms with Crippen molar-refractivity contribution in [2.45, 2.75) is 32.2 Å². The Labute approximate surface area is 191 Å². The molecule has 3 N–H and O–H groups in total. The summed E-state index contributed by atoms with van der Waals surface area (Å²) < 4.78 is 14.8. The van der Waals surface area contributed by atoms with Gasteiger partial charge in [-0.05, 0) is 56.5 Å². The van der Waals surface area contributed by atoms with Gasteiger partial charge >= 0.3 is 6.03 Å². The van der Waals surface area contributed by atoms with E-state index in [-0.39, 0.29) is 11.7 Å². The Morgan fingerprint density at radius 2 is 2.09 bits per heavy atom. The number of carbonyl (C=O) groups is 1. The number of hydrogen-bond acceptors (Lipinski definition) is 6. The molecule has 33 heavy (non-hydrogen) atoms. The highest BCUT2D eigenvalue weighted by Crippen LogP contribution is 2.31. The van der Waals surface area contributed by atoms with Crippen molar-refractivity contribution in [3.8, 4) is 17.6 Å². The maximum Gasteiger partial charge on any atom is 0.320 e. The number of anilines is 1. The quantitative estimate of drug-likeness (QED) is 0.531. The number of imidazole rings is 1. The van der Waals surface area contributed by atoms with E-state index in [4.69, 9.17) is 0 Å². The molecule has 170 valence electrons. The fourth-order valence-electron chi connectivity index (χ4n) is 4.07. The molecule has 0 radical (unpaired) electrons. The van der Waals surface area contributed by atoms with Crippen LogP contribution in [0.3, 0.4) is 0 Å². The van der Waals surface area contributed by atoms with Gasteiger partial charge in [-0.3, -0.25) is 10.2 Å². The van der Waals surface area contributed by atoms with Crippen LogP contribution in [0.5, 0.6) is 0 Å². The number of aromatic nitrogens is 4. The molecule has 1 saturated heterocycles. The Hall–Kier alpha value is -3.84. The number of urea groups is 1. The molecule has 4 rings (SSSR count). The first-order valence-corrected chi connectivity index (χ1v) is 10.9. The van der Waals surface area contributed by atoms with Gasteiger partial charge in [0.1, 0.15) is 17.5 Å². The highest BCUT2D eigenvalue weighted by molar-refractivity contribution is 5.88. The fraction of sp³-hybridized carbons (Fsp3) is 0.348. The molecule has 1 aliphatic rings. The zero-order valence-electron chi connectivity index (χ0n) is 18.3. The van der Waals surface area contributed by atoms with Crippen LogP contribution < -0.4 is 10.6 Å². The molecule has 2 amide bonds. The minimum Gasteiger partial charge on any atom is -0.343 e. The lowest BCUT2D eigenvalue weighted by Crippen LogP contribution is -2.33. The summed E-state index contributed by atoms with van der Waals surface area (Å²) in [4.78, 5) is 29.5. The topological polar surface area (TPSA) is 123 Å². The second-order valence-electron chi connectivity index (χ2n) is 7.85. The van der Waals surface area contributed by atoms with Crippen LogP contribution >= 0.6 is 0 Å². The average molecular weight is 449 g/mol. The summed E-state index contributed by atoms with van der Waals surface area (Å²) in [7, 11) is 0. The lowest BCUT2D eigenvalue weighted by Gasteiger charge is -2.32. The summed E-state index contributed by atoms with van der Waals surface area (Å²) in [6, 6.07) is 7.22. The smallest absolute Gasteiger partial charge is 0.320 e. The minimum absolute atomic E-state index is 0.0743. The minimum atomic E-state index is -0.518. The molecular weight excluding hydrogens is 423 g/mol. The van der Waals surface area contributed by atoms with Gasteiger partial charge in [0.25, 0.3) is 0 Å². The van der Waals surface area contributed by atoms with Crippen LogP contribution in [0.15, 0.2) is 36.8 Å². The van der Waals surface area contributed by atoms with Crippen molar-refractivity contribution >= 4 is 11.8 Å². The van der Waals surface area contributed by atoms with Crippen molar-refractivity contribution in [1.82, 2.24) is 30.2 Å². The first-order chi connectivity index (χ1) is 16.1. The number of nitriles is 1. The summed E-state index contributed by atoms with van der Waals surface area (Å²) in [5.74, 6) is 0.254. The summed E-state index contributed by atoms with van der Waals surface area (Å²) in [5.41, 5.74) is 2.49. The standard InChI is InChI=1S/C23H25FN8O/c1-2-26-23(33)31-22-20(24)16(5-8-27-22)14-32-11-6-15(7-12-32)17-3-4-18(30-19(17)13-25)21-28-9-10-29-21/h3-5,8-10,15H,2,6-7,11-12,14H2,1H3,(H,28,29)(H2,26,27,31,33). The number of aromatic amines is 1. The van der Waals surface area contributed by atoms with E-state index in [1.165, 1.54) is 6.20 Å². The summed E-state index contributed by atoms with van der Waals surface area (Å²) in [6.45, 7) is 4.17. The molecule has 1 aliphatic heterocycles. The van der Waals surface area contributed by atoms with Crippen molar-refractivity contribution in [3.63, 3.8) is 0 Å². The Morgan fingerprint density at radius 3 is 2.79 bits per heavy atom. The lowest BCUT2D eigenvalue weighted by atomic mass is 9.88. The van der Waals surface area contributed by atoms with E-state index in [0.717, 1.165) is 31.5 Å². The van der Waals surface area contributed by atoms with Crippen molar-refractivity contribution in [2.75, 3.05) is 25.0 Å². The Bertz CT molecular complexity index is 1150. The Balaban J connectivity index is 1.40. The number of rotatable bonds is 6. The van der Waals surface area contributed by atoms with E-state index in [9.17, 15) is 14.4 Å². The molecule has 3 aromatic heterocycles. The number of pyridine rings is 2. The zero-order chi connectivity index (χ0) is 23.2. The molecular formula is C23H25FN8O. The van der Waals surface area contributed by atoms with Crippen LogP contribution in [-0.4, -0.2) is 50.5 Å². The number of piperidine rings is 1. The van der Waals surface area contributed by atoms with Crippen LogP contribution in [0.2, 0.25) is 0 Å². The highest BCUT2D eigenvalue weighted by atomic mass is 19.1. The van der Waals surface area contributed by atoms with Crippen molar-refractivity contribution in [2.24, 2.45) is 0 Å². The van der Waals surface area contributed by atoms with E-state index >= 15 is 0 Å². The second kappa shape index (κ2) is 10.2. The number of hydrogen-bond donors (Lipinski definition) is 3. The van der Waals surface area contributed by atoms with E-state index in [1.54, 1.807) is 25.4 Å². The highest BCUT2D eigenvalue weighted by Gasteiger charge is 2.25. The normalized spacial score (nSPS) is 14.6. The molecule has 0 aromatic carbocycles. The van der Waals surface area contributed by atoms with Crippen molar-refractivity contribution in [3.05, 3.63) is 59.4 Å². The predicted molar refractivity (Wildman–Crippen MR) is 121 cm³/mol. The average Bonchev–Trinajstić information content (AvgIpc) is 3.37. The Morgan fingerprint density at radius 1 is 1.27 bits per heavy atom. The van der Waals surface area contributed by atoms with Gasteiger partial charge in [0.05, 0.1) is 0 Å². The summed E-state index contributed by atoms with van der Waals surface area (Å²) in [5, 5.41) is 14.6. The number of carbonyl (C=O) groups excluding carboxylic acids is 1. The van der Waals surface area contributed by atoms with Crippen LogP contribution in [0.1, 0.15) is 42.5 Å². The number of H-pyrrole nitrogens is 1. The molecule has 0 spiro atoms. The maximum atomic E-state index is 14.8. The molecule has 1 fully saturated rings. The van der Waals surface area contributed by atoms with E-state index in [0.29, 0.717) is 35.9 Å². The van der Waals surface area contributed by atoms with Crippen molar-refractivity contribution in [1.29, 1.82) is 5.26 Å². The molecule has 10 heteroatoms. The van der Waals surface area contributed by atoms with Crippen molar-refractivity contribution < 1.29 is 9.18 Å². The van der Waals surface area contributed by atoms with Gasteiger partial charge < -0.3 is 10.3 Å². The molecule has 4 heterocycles. The van der Waals surface area contributed by atoms with E-state index in [2.05, 4.69) is 41.5 Å². The largest absolute Gasteiger partial charge is 0.343 e. The number of nitrogens with one attached hydrogen (secondary N) is 3. The van der Waals surface area contributed by atoms with Gasteiger partial charge in [-0.15, -0.1) is 0 Å². The van der Waals surface area contributed by atoms with Gasteiger partial charge in [-0.2, -0.15) is 5.26 Å². The Kier molecular flexibility index (Phi) is 6.90. The summed E-state index contributed by atoms with van der Waals surface area (Å²) in [6.07, 6.45) is 6.55. The monoisotopic (exact) mass is 448 g/mol. The van der Waals surface area contributed by atoms with Crippen LogP contribution in [0.25, 0.3) is 11.5 Å². The second-order valence-corrected chi connectivity index (χ2v) is 7.85. The van der Waals surface area contributed by atoms with Crippen LogP contribution in [0.4, 0.5) is 15.0 Å². The number of likely N-dealkylation sites (tertiary alicyclic amines) is 1. The van der Waals surface area contributed by atoms with Crippen LogP contribution in [-0.2, 0) is 6.54 Å². The van der Waals surface area contributed by atoms with Gasteiger partial charge in [0.2, 0.25) is 0 Å². The molecule has 0 unspecified atom stereocenters. The molecule has 3 aromatic rings. The van der Waals surface area contributed by atoms with E-state index < -0.39 is 11.8 Å². The number of amides is 2.